The summed E-state index contributed by atoms with van der Waals surface area (Å²) >= 11 is 0. The molecule has 0 radical (unpaired) electrons. The van der Waals surface area contributed by atoms with E-state index in [0.717, 1.165) is 28.9 Å². The summed E-state index contributed by atoms with van der Waals surface area (Å²) in [5, 5.41) is 5.72. The van der Waals surface area contributed by atoms with Crippen LogP contribution in [0.4, 0.5) is 4.79 Å². The predicted molar refractivity (Wildman–Crippen MR) is 124 cm³/mol. The molecule has 6 nitrogen and oxygen atoms in total. The zero-order valence-electron chi connectivity index (χ0n) is 18.4. The molecule has 0 heterocycles. The molecule has 0 saturated carbocycles. The van der Waals surface area contributed by atoms with Crippen LogP contribution in [0.1, 0.15) is 32.8 Å². The first-order chi connectivity index (χ1) is 14.4. The Morgan fingerprint density at radius 3 is 2.50 bits per heavy atom. The van der Waals surface area contributed by atoms with E-state index in [9.17, 15) is 4.79 Å². The van der Waals surface area contributed by atoms with Gasteiger partial charge in [-0.05, 0) is 51.0 Å². The normalized spacial score (nSPS) is 11.7. The molecule has 1 rings (SSSR count). The van der Waals surface area contributed by atoms with Crippen LogP contribution in [0.3, 0.4) is 0 Å². The number of rotatable bonds is 11. The van der Waals surface area contributed by atoms with Crippen molar-refractivity contribution in [3.05, 3.63) is 90.1 Å². The molecule has 30 heavy (non-hydrogen) atoms. The lowest BCUT2D eigenvalue weighted by Crippen LogP contribution is -2.35. The number of allylic oxidation sites excluding steroid dienone is 5. The number of carbonyl (C=O) groups is 1. The molecule has 6 heteroatoms. The van der Waals surface area contributed by atoms with Crippen LogP contribution in [0.2, 0.25) is 0 Å². The van der Waals surface area contributed by atoms with Gasteiger partial charge in [-0.2, -0.15) is 0 Å². The van der Waals surface area contributed by atoms with Crippen molar-refractivity contribution < 1.29 is 9.53 Å². The van der Waals surface area contributed by atoms with Crippen LogP contribution < -0.4 is 21.1 Å². The Balaban J connectivity index is 2.43. The second-order valence-electron chi connectivity index (χ2n) is 6.82. The Morgan fingerprint density at radius 2 is 1.93 bits per heavy atom. The van der Waals surface area contributed by atoms with Crippen molar-refractivity contribution in [2.45, 2.75) is 33.7 Å². The maximum atomic E-state index is 12.0. The first-order valence-corrected chi connectivity index (χ1v) is 9.89. The molecule has 1 aromatic rings. The van der Waals surface area contributed by atoms with Gasteiger partial charge in [-0.15, -0.1) is 0 Å². The first-order valence-electron chi connectivity index (χ1n) is 9.89. The van der Waals surface area contributed by atoms with Crippen LogP contribution in [0.15, 0.2) is 84.5 Å². The predicted octanol–water partition coefficient (Wildman–Crippen LogP) is 4.56. The second-order valence-corrected chi connectivity index (χ2v) is 6.82. The van der Waals surface area contributed by atoms with E-state index < -0.39 is 0 Å². The summed E-state index contributed by atoms with van der Waals surface area (Å²) in [6.45, 7) is 10.7. The topological polar surface area (TPSA) is 79.6 Å². The van der Waals surface area contributed by atoms with Gasteiger partial charge in [0.25, 0.3) is 0 Å². The molecular formula is C24H34N4O2. The van der Waals surface area contributed by atoms with Crippen molar-refractivity contribution in [2.75, 3.05) is 13.7 Å². The van der Waals surface area contributed by atoms with Gasteiger partial charge in [-0.1, -0.05) is 48.1 Å². The van der Waals surface area contributed by atoms with Crippen LogP contribution in [0.25, 0.3) is 0 Å². The number of carbonyl (C=O) groups excluding carboxylic acids is 1. The molecule has 0 aliphatic rings. The summed E-state index contributed by atoms with van der Waals surface area (Å²) in [6, 6.07) is 7.39. The fraction of sp³-hybridized carbons (Fsp3) is 0.292. The van der Waals surface area contributed by atoms with Crippen molar-refractivity contribution in [1.82, 2.24) is 15.5 Å². The third kappa shape index (κ3) is 9.68. The molecule has 4 N–H and O–H groups in total. The Morgan fingerprint density at radius 1 is 1.23 bits per heavy atom. The van der Waals surface area contributed by atoms with Crippen molar-refractivity contribution in [3.63, 3.8) is 0 Å². The SMILES string of the molecule is C=CN(C=C(C)C)/C(N)=C/C=C\C(=C/C)CCNC(=O)NCc1ccc(OC)cc1. The molecule has 0 saturated heterocycles. The average molecular weight is 411 g/mol. The van der Waals surface area contributed by atoms with E-state index in [2.05, 4.69) is 17.2 Å². The number of hydrogen-bond donors (Lipinski definition) is 3. The maximum absolute atomic E-state index is 12.0. The molecule has 162 valence electrons. The standard InChI is InChI=1S/C24H34N4O2/c1-6-20(9-8-10-23(25)28(7-2)18-19(3)4)15-16-26-24(29)27-17-21-11-13-22(30-5)14-12-21/h6-14,18H,2,15-17,25H2,1,3-5H3,(H2,26,27,29)/b9-8-,20-6+,23-10+. The molecule has 0 aliphatic heterocycles. The third-order valence-electron chi connectivity index (χ3n) is 4.15. The Labute approximate surface area is 180 Å². The number of nitrogens with zero attached hydrogens (tertiary/aromatic N) is 1. The Bertz CT molecular complexity index is 801. The highest BCUT2D eigenvalue weighted by molar-refractivity contribution is 5.73. The first kappa shape index (κ1) is 24.6. The van der Waals surface area contributed by atoms with Gasteiger partial charge in [0.15, 0.2) is 0 Å². The van der Waals surface area contributed by atoms with E-state index in [1.54, 1.807) is 18.2 Å². The fourth-order valence-corrected chi connectivity index (χ4v) is 2.50. The van der Waals surface area contributed by atoms with Crippen molar-refractivity contribution >= 4 is 6.03 Å². The van der Waals surface area contributed by atoms with Crippen molar-refractivity contribution in [1.29, 1.82) is 0 Å². The third-order valence-corrected chi connectivity index (χ3v) is 4.15. The summed E-state index contributed by atoms with van der Waals surface area (Å²) in [5.41, 5.74) is 9.30. The van der Waals surface area contributed by atoms with Gasteiger partial charge < -0.3 is 26.0 Å². The lowest BCUT2D eigenvalue weighted by molar-refractivity contribution is 0.240. The summed E-state index contributed by atoms with van der Waals surface area (Å²) in [6.07, 6.45) is 12.0. The monoisotopic (exact) mass is 410 g/mol. The largest absolute Gasteiger partial charge is 0.497 e. The van der Waals surface area contributed by atoms with Gasteiger partial charge in [-0.25, -0.2) is 4.79 Å². The van der Waals surface area contributed by atoms with Crippen molar-refractivity contribution in [3.8, 4) is 5.75 Å². The lowest BCUT2D eigenvalue weighted by Gasteiger charge is -2.15. The number of ether oxygens (including phenoxy) is 1. The van der Waals surface area contributed by atoms with Gasteiger partial charge in [0.2, 0.25) is 0 Å². The molecule has 1 aromatic carbocycles. The minimum absolute atomic E-state index is 0.197. The maximum Gasteiger partial charge on any atom is 0.315 e. The molecule has 2 amide bonds. The van der Waals surface area contributed by atoms with Gasteiger partial charge in [0, 0.05) is 25.5 Å². The summed E-state index contributed by atoms with van der Waals surface area (Å²) < 4.78 is 5.12. The quantitative estimate of drug-likeness (QED) is 0.467. The number of benzene rings is 1. The highest BCUT2D eigenvalue weighted by atomic mass is 16.5. The Hall–Kier alpha value is -3.41. The van der Waals surface area contributed by atoms with Gasteiger partial charge in [0.05, 0.1) is 7.11 Å². The minimum atomic E-state index is -0.197. The molecule has 0 aromatic heterocycles. The van der Waals surface area contributed by atoms with E-state index in [-0.39, 0.29) is 6.03 Å². The molecule has 0 spiro atoms. The molecular weight excluding hydrogens is 376 g/mol. The van der Waals surface area contributed by atoms with Crippen LogP contribution in [0.5, 0.6) is 5.75 Å². The zero-order valence-corrected chi connectivity index (χ0v) is 18.4. The number of hydrogen-bond acceptors (Lipinski definition) is 4. The zero-order chi connectivity index (χ0) is 22.4. The molecule has 0 unspecified atom stereocenters. The molecule has 0 aliphatic carbocycles. The van der Waals surface area contributed by atoms with Crippen LogP contribution in [-0.2, 0) is 6.54 Å². The highest BCUT2D eigenvalue weighted by Crippen LogP contribution is 2.11. The number of urea groups is 1. The summed E-state index contributed by atoms with van der Waals surface area (Å²) in [5.74, 6) is 1.37. The minimum Gasteiger partial charge on any atom is -0.497 e. The number of nitrogens with one attached hydrogen (secondary N) is 2. The van der Waals surface area contributed by atoms with Gasteiger partial charge in [0.1, 0.15) is 11.6 Å². The summed E-state index contributed by atoms with van der Waals surface area (Å²) in [4.78, 5) is 13.7. The van der Waals surface area contributed by atoms with Crippen molar-refractivity contribution in [2.24, 2.45) is 5.73 Å². The Kier molecular flexibility index (Phi) is 11.3. The molecule has 0 atom stereocenters. The highest BCUT2D eigenvalue weighted by Gasteiger charge is 2.01. The number of nitrogens with two attached hydrogens (primary N) is 1. The fourth-order valence-electron chi connectivity index (χ4n) is 2.50. The van der Waals surface area contributed by atoms with Crippen LogP contribution in [0, 0.1) is 0 Å². The van der Waals surface area contributed by atoms with E-state index in [1.807, 2.05) is 75.5 Å². The van der Waals surface area contributed by atoms with Crippen LogP contribution in [-0.4, -0.2) is 24.6 Å². The average Bonchev–Trinajstić information content (AvgIpc) is 2.74. The number of amides is 2. The summed E-state index contributed by atoms with van der Waals surface area (Å²) in [7, 11) is 1.63. The van der Waals surface area contributed by atoms with E-state index in [4.69, 9.17) is 10.5 Å². The van der Waals surface area contributed by atoms with Crippen LogP contribution >= 0.6 is 0 Å². The smallest absolute Gasteiger partial charge is 0.315 e. The van der Waals surface area contributed by atoms with E-state index in [1.165, 1.54) is 0 Å². The second kappa shape index (κ2) is 13.7. The van der Waals surface area contributed by atoms with Gasteiger partial charge >= 0.3 is 6.03 Å². The molecule has 0 fully saturated rings. The molecule has 0 bridgehead atoms. The number of methoxy groups -OCH3 is 1. The lowest BCUT2D eigenvalue weighted by atomic mass is 10.1. The van der Waals surface area contributed by atoms with Gasteiger partial charge in [-0.3, -0.25) is 0 Å². The van der Waals surface area contributed by atoms with E-state index in [0.29, 0.717) is 18.9 Å². The van der Waals surface area contributed by atoms with E-state index >= 15 is 0 Å².